The molecule has 154 valence electrons. The van der Waals surface area contributed by atoms with Gasteiger partial charge in [0.15, 0.2) is 5.96 Å². The number of carbonyl (C=O) groups is 1. The number of nitrogens with zero attached hydrogens (tertiary/aromatic N) is 1. The minimum atomic E-state index is -0.0511. The normalized spacial score (nSPS) is 14.9. The van der Waals surface area contributed by atoms with E-state index >= 15 is 0 Å². The Kier molecular flexibility index (Phi) is 7.58. The molecule has 29 heavy (non-hydrogen) atoms. The van der Waals surface area contributed by atoms with Crippen molar-refractivity contribution < 1.29 is 4.79 Å². The van der Waals surface area contributed by atoms with E-state index in [2.05, 4.69) is 53.2 Å². The molecule has 0 unspecified atom stereocenters. The number of hydrogen-bond acceptors (Lipinski definition) is 3. The number of amides is 1. The first-order valence-corrected chi connectivity index (χ1v) is 11.0. The average molecular weight is 411 g/mol. The highest BCUT2D eigenvalue weighted by molar-refractivity contribution is 8.01. The van der Waals surface area contributed by atoms with Crippen LogP contribution in [-0.2, 0) is 11.2 Å². The van der Waals surface area contributed by atoms with E-state index in [9.17, 15) is 4.79 Å². The predicted molar refractivity (Wildman–Crippen MR) is 123 cm³/mol. The Morgan fingerprint density at radius 2 is 1.79 bits per heavy atom. The SMILES string of the molecule is CCNC(=NCC1(Sc2ccccc2)CC1)NCCc1ccc(NC(C)=O)cc1. The second-order valence-electron chi connectivity index (χ2n) is 7.35. The van der Waals surface area contributed by atoms with E-state index in [1.807, 2.05) is 36.0 Å². The second-order valence-corrected chi connectivity index (χ2v) is 8.89. The van der Waals surface area contributed by atoms with Gasteiger partial charge in [-0.15, -0.1) is 11.8 Å². The summed E-state index contributed by atoms with van der Waals surface area (Å²) < 4.78 is 0.253. The molecule has 5 nitrogen and oxygen atoms in total. The van der Waals surface area contributed by atoms with Gasteiger partial charge in [-0.05, 0) is 56.0 Å². The molecule has 3 rings (SSSR count). The van der Waals surface area contributed by atoms with Crippen LogP contribution in [0.5, 0.6) is 0 Å². The van der Waals surface area contributed by atoms with Crippen molar-refractivity contribution in [3.05, 3.63) is 60.2 Å². The lowest BCUT2D eigenvalue weighted by molar-refractivity contribution is -0.114. The van der Waals surface area contributed by atoms with Gasteiger partial charge in [0.05, 0.1) is 6.54 Å². The Bertz CT molecular complexity index is 817. The third-order valence-electron chi connectivity index (χ3n) is 4.74. The summed E-state index contributed by atoms with van der Waals surface area (Å²) in [6, 6.07) is 18.6. The van der Waals surface area contributed by atoms with Gasteiger partial charge in [0.1, 0.15) is 0 Å². The van der Waals surface area contributed by atoms with Crippen LogP contribution < -0.4 is 16.0 Å². The van der Waals surface area contributed by atoms with Crippen molar-refractivity contribution >= 4 is 29.3 Å². The molecule has 1 aliphatic rings. The van der Waals surface area contributed by atoms with E-state index in [-0.39, 0.29) is 10.7 Å². The standard InChI is InChI=1S/C23H30N4OS/c1-3-24-22(25-16-13-19-9-11-20(12-10-19)27-18(2)28)26-17-23(14-15-23)29-21-7-5-4-6-8-21/h4-12H,3,13-17H2,1-2H3,(H,27,28)(H2,24,25,26). The van der Waals surface area contributed by atoms with Crippen molar-refractivity contribution in [2.75, 3.05) is 25.0 Å². The number of anilines is 1. The maximum Gasteiger partial charge on any atom is 0.221 e. The van der Waals surface area contributed by atoms with E-state index in [4.69, 9.17) is 4.99 Å². The van der Waals surface area contributed by atoms with Crippen LogP contribution in [0, 0.1) is 0 Å². The number of aliphatic imine (C=N–C) groups is 1. The van der Waals surface area contributed by atoms with Crippen LogP contribution in [0.3, 0.4) is 0 Å². The third-order valence-corrected chi connectivity index (χ3v) is 6.21. The molecule has 0 heterocycles. The first kappa shape index (κ1) is 21.2. The summed E-state index contributed by atoms with van der Waals surface area (Å²) in [6.45, 7) is 6.08. The van der Waals surface area contributed by atoms with Crippen LogP contribution in [0.25, 0.3) is 0 Å². The van der Waals surface area contributed by atoms with Crippen molar-refractivity contribution in [3.63, 3.8) is 0 Å². The Labute approximate surface area is 177 Å². The Balaban J connectivity index is 1.48. The topological polar surface area (TPSA) is 65.5 Å². The van der Waals surface area contributed by atoms with Crippen molar-refractivity contribution in [2.45, 2.75) is 42.8 Å². The molecule has 1 aliphatic carbocycles. The van der Waals surface area contributed by atoms with Crippen molar-refractivity contribution in [2.24, 2.45) is 4.99 Å². The Hall–Kier alpha value is -2.47. The molecule has 0 aromatic heterocycles. The lowest BCUT2D eigenvalue weighted by Crippen LogP contribution is -2.39. The van der Waals surface area contributed by atoms with Gasteiger partial charge in [0.2, 0.25) is 5.91 Å². The third kappa shape index (κ3) is 7.13. The lowest BCUT2D eigenvalue weighted by atomic mass is 10.1. The molecular formula is C23H30N4OS. The van der Waals surface area contributed by atoms with Gasteiger partial charge in [-0.1, -0.05) is 30.3 Å². The monoisotopic (exact) mass is 410 g/mol. The number of hydrogen-bond donors (Lipinski definition) is 3. The quantitative estimate of drug-likeness (QED) is 0.431. The fourth-order valence-corrected chi connectivity index (χ4v) is 4.25. The first-order chi connectivity index (χ1) is 14.1. The molecule has 0 radical (unpaired) electrons. The summed E-state index contributed by atoms with van der Waals surface area (Å²) in [5.74, 6) is 0.826. The minimum absolute atomic E-state index is 0.0511. The number of guanidine groups is 1. The first-order valence-electron chi connectivity index (χ1n) is 10.2. The predicted octanol–water partition coefficient (Wildman–Crippen LogP) is 4.07. The summed E-state index contributed by atoms with van der Waals surface area (Å²) in [5, 5.41) is 9.58. The van der Waals surface area contributed by atoms with Gasteiger partial charge < -0.3 is 16.0 Å². The molecule has 0 aliphatic heterocycles. The maximum atomic E-state index is 11.1. The number of nitrogens with one attached hydrogen (secondary N) is 3. The van der Waals surface area contributed by atoms with E-state index in [0.717, 1.165) is 37.7 Å². The van der Waals surface area contributed by atoms with Crippen LogP contribution in [0.1, 0.15) is 32.3 Å². The fraction of sp³-hybridized carbons (Fsp3) is 0.391. The molecule has 3 N–H and O–H groups in total. The van der Waals surface area contributed by atoms with Crippen molar-refractivity contribution in [1.29, 1.82) is 0 Å². The molecule has 1 amide bonds. The summed E-state index contributed by atoms with van der Waals surface area (Å²) in [6.07, 6.45) is 3.33. The Morgan fingerprint density at radius 1 is 1.07 bits per heavy atom. The van der Waals surface area contributed by atoms with Crippen LogP contribution in [-0.4, -0.2) is 36.2 Å². The molecule has 1 saturated carbocycles. The average Bonchev–Trinajstić information content (AvgIpc) is 3.47. The summed E-state index contributed by atoms with van der Waals surface area (Å²) in [7, 11) is 0. The van der Waals surface area contributed by atoms with Crippen LogP contribution in [0.2, 0.25) is 0 Å². The van der Waals surface area contributed by atoms with Gasteiger partial charge in [-0.25, -0.2) is 0 Å². The summed E-state index contributed by atoms with van der Waals surface area (Å²) in [5.41, 5.74) is 2.05. The summed E-state index contributed by atoms with van der Waals surface area (Å²) in [4.78, 5) is 17.3. The number of benzene rings is 2. The molecule has 0 atom stereocenters. The molecule has 1 fully saturated rings. The van der Waals surface area contributed by atoms with E-state index < -0.39 is 0 Å². The molecule has 0 saturated heterocycles. The fourth-order valence-electron chi connectivity index (χ4n) is 3.02. The number of rotatable bonds is 9. The van der Waals surface area contributed by atoms with Gasteiger partial charge in [0, 0.05) is 35.3 Å². The summed E-state index contributed by atoms with van der Waals surface area (Å²) >= 11 is 1.95. The van der Waals surface area contributed by atoms with E-state index in [0.29, 0.717) is 0 Å². The highest BCUT2D eigenvalue weighted by atomic mass is 32.2. The zero-order valence-electron chi connectivity index (χ0n) is 17.2. The highest BCUT2D eigenvalue weighted by Crippen LogP contribution is 2.51. The van der Waals surface area contributed by atoms with Gasteiger partial charge in [0.25, 0.3) is 0 Å². The van der Waals surface area contributed by atoms with Crippen LogP contribution in [0.15, 0.2) is 64.5 Å². The number of carbonyl (C=O) groups excluding carboxylic acids is 1. The van der Waals surface area contributed by atoms with E-state index in [1.165, 1.54) is 30.2 Å². The van der Waals surface area contributed by atoms with Gasteiger partial charge >= 0.3 is 0 Å². The smallest absolute Gasteiger partial charge is 0.221 e. The minimum Gasteiger partial charge on any atom is -0.357 e. The lowest BCUT2D eigenvalue weighted by Gasteiger charge is -2.15. The van der Waals surface area contributed by atoms with Crippen molar-refractivity contribution in [1.82, 2.24) is 10.6 Å². The highest BCUT2D eigenvalue weighted by Gasteiger charge is 2.43. The van der Waals surface area contributed by atoms with Crippen molar-refractivity contribution in [3.8, 4) is 0 Å². The van der Waals surface area contributed by atoms with Gasteiger partial charge in [-0.3, -0.25) is 9.79 Å². The Morgan fingerprint density at radius 3 is 2.41 bits per heavy atom. The van der Waals surface area contributed by atoms with Gasteiger partial charge in [-0.2, -0.15) is 0 Å². The zero-order valence-corrected chi connectivity index (χ0v) is 18.0. The van der Waals surface area contributed by atoms with Crippen LogP contribution >= 0.6 is 11.8 Å². The second kappa shape index (κ2) is 10.3. The zero-order chi connectivity index (χ0) is 20.5. The molecular weight excluding hydrogens is 380 g/mol. The molecule has 6 heteroatoms. The maximum absolute atomic E-state index is 11.1. The number of thioether (sulfide) groups is 1. The molecule has 0 spiro atoms. The largest absolute Gasteiger partial charge is 0.357 e. The van der Waals surface area contributed by atoms with E-state index in [1.54, 1.807) is 0 Å². The molecule has 2 aromatic rings. The molecule has 0 bridgehead atoms. The molecule has 2 aromatic carbocycles. The van der Waals surface area contributed by atoms with Crippen LogP contribution in [0.4, 0.5) is 5.69 Å².